The van der Waals surface area contributed by atoms with Gasteiger partial charge in [0, 0.05) is 30.2 Å². The standard InChI is InChI=1S/C19H24ClN3O4S2/c1-14(21)15-2-6-18(7-3-15)28(24,25)22-17-10-12-23(13-11-17)29(26,27)19-8-4-16(20)5-9-19/h2-9,14,17,22H,10-13,21H2,1H3. The summed E-state index contributed by atoms with van der Waals surface area (Å²) in [6.07, 6.45) is 0.786. The van der Waals surface area contributed by atoms with Crippen LogP contribution in [-0.2, 0) is 20.0 Å². The number of nitrogens with two attached hydrogens (primary N) is 1. The van der Waals surface area contributed by atoms with E-state index < -0.39 is 20.0 Å². The number of benzene rings is 2. The number of rotatable bonds is 6. The van der Waals surface area contributed by atoms with E-state index in [0.717, 1.165) is 5.56 Å². The predicted octanol–water partition coefficient (Wildman–Crippen LogP) is 2.49. The van der Waals surface area contributed by atoms with Crippen LogP contribution in [0.5, 0.6) is 0 Å². The van der Waals surface area contributed by atoms with Crippen molar-refractivity contribution in [3.8, 4) is 0 Å². The van der Waals surface area contributed by atoms with Gasteiger partial charge in [-0.15, -0.1) is 0 Å². The Hall–Kier alpha value is -1.49. The van der Waals surface area contributed by atoms with Gasteiger partial charge < -0.3 is 5.73 Å². The summed E-state index contributed by atoms with van der Waals surface area (Å²) < 4.78 is 54.8. The summed E-state index contributed by atoms with van der Waals surface area (Å²) in [7, 11) is -7.31. The molecule has 3 N–H and O–H groups in total. The van der Waals surface area contributed by atoms with Crippen LogP contribution in [0.15, 0.2) is 58.3 Å². The van der Waals surface area contributed by atoms with Gasteiger partial charge in [0.25, 0.3) is 0 Å². The molecule has 0 aliphatic carbocycles. The predicted molar refractivity (Wildman–Crippen MR) is 113 cm³/mol. The van der Waals surface area contributed by atoms with Gasteiger partial charge in [-0.3, -0.25) is 0 Å². The van der Waals surface area contributed by atoms with E-state index in [4.69, 9.17) is 17.3 Å². The number of halogens is 1. The molecule has 1 fully saturated rings. The minimum atomic E-state index is -3.69. The normalized spacial score (nSPS) is 17.9. The highest BCUT2D eigenvalue weighted by Crippen LogP contribution is 2.23. The number of hydrogen-bond acceptors (Lipinski definition) is 5. The molecule has 1 saturated heterocycles. The molecule has 0 spiro atoms. The molecule has 7 nitrogen and oxygen atoms in total. The number of sulfonamides is 2. The van der Waals surface area contributed by atoms with E-state index >= 15 is 0 Å². The fourth-order valence-corrected chi connectivity index (χ4v) is 6.11. The van der Waals surface area contributed by atoms with Crippen molar-refractivity contribution in [2.45, 2.75) is 41.6 Å². The minimum absolute atomic E-state index is 0.165. The van der Waals surface area contributed by atoms with Crippen LogP contribution in [0.25, 0.3) is 0 Å². The van der Waals surface area contributed by atoms with Crippen molar-refractivity contribution in [3.05, 3.63) is 59.1 Å². The summed E-state index contributed by atoms with van der Waals surface area (Å²) in [4.78, 5) is 0.341. The van der Waals surface area contributed by atoms with Gasteiger partial charge in [0.05, 0.1) is 9.79 Å². The zero-order chi connectivity index (χ0) is 21.2. The summed E-state index contributed by atoms with van der Waals surface area (Å²) in [6, 6.07) is 12.0. The SMILES string of the molecule is CC(N)c1ccc(S(=O)(=O)NC2CCN(S(=O)(=O)c3ccc(Cl)cc3)CC2)cc1. The van der Waals surface area contributed by atoms with Crippen LogP contribution in [-0.4, -0.2) is 40.3 Å². The molecule has 158 valence electrons. The summed E-state index contributed by atoms with van der Waals surface area (Å²) in [5.74, 6) is 0. The average molecular weight is 458 g/mol. The lowest BCUT2D eigenvalue weighted by Crippen LogP contribution is -2.46. The Morgan fingerprint density at radius 1 is 0.966 bits per heavy atom. The number of hydrogen-bond donors (Lipinski definition) is 2. The second-order valence-electron chi connectivity index (χ2n) is 7.11. The minimum Gasteiger partial charge on any atom is -0.324 e. The summed E-state index contributed by atoms with van der Waals surface area (Å²) in [5, 5.41) is 0.464. The van der Waals surface area contributed by atoms with E-state index in [-0.39, 0.29) is 35.0 Å². The first-order chi connectivity index (χ1) is 13.6. The van der Waals surface area contributed by atoms with Crippen molar-refractivity contribution in [2.75, 3.05) is 13.1 Å². The molecule has 1 aliphatic heterocycles. The third-order valence-electron chi connectivity index (χ3n) is 4.94. The van der Waals surface area contributed by atoms with Crippen LogP contribution in [0.1, 0.15) is 31.4 Å². The van der Waals surface area contributed by atoms with Gasteiger partial charge in [-0.05, 0) is 61.7 Å². The van der Waals surface area contributed by atoms with E-state index in [1.54, 1.807) is 12.1 Å². The van der Waals surface area contributed by atoms with Gasteiger partial charge in [0.2, 0.25) is 20.0 Å². The molecular weight excluding hydrogens is 434 g/mol. The Morgan fingerprint density at radius 3 is 2.00 bits per heavy atom. The van der Waals surface area contributed by atoms with E-state index in [1.807, 2.05) is 6.92 Å². The first kappa shape index (κ1) is 22.2. The first-order valence-electron chi connectivity index (χ1n) is 9.23. The third kappa shape index (κ3) is 5.17. The largest absolute Gasteiger partial charge is 0.324 e. The van der Waals surface area contributed by atoms with E-state index in [9.17, 15) is 16.8 Å². The summed E-state index contributed by atoms with van der Waals surface area (Å²) in [5.41, 5.74) is 6.65. The maximum Gasteiger partial charge on any atom is 0.243 e. The molecule has 0 amide bonds. The maximum absolute atomic E-state index is 12.7. The van der Waals surface area contributed by atoms with E-state index in [0.29, 0.717) is 17.9 Å². The lowest BCUT2D eigenvalue weighted by atomic mass is 10.1. The Balaban J connectivity index is 1.64. The molecule has 0 radical (unpaired) electrons. The van der Waals surface area contributed by atoms with Gasteiger partial charge in [-0.2, -0.15) is 4.31 Å². The van der Waals surface area contributed by atoms with Crippen molar-refractivity contribution in [1.82, 2.24) is 9.03 Å². The molecule has 2 aromatic carbocycles. The number of piperidine rings is 1. The van der Waals surface area contributed by atoms with Gasteiger partial charge in [0.1, 0.15) is 0 Å². The summed E-state index contributed by atoms with van der Waals surface area (Å²) >= 11 is 5.82. The van der Waals surface area contributed by atoms with Crippen LogP contribution >= 0.6 is 11.6 Å². The van der Waals surface area contributed by atoms with Crippen LogP contribution in [0.2, 0.25) is 5.02 Å². The molecular formula is C19H24ClN3O4S2. The Labute approximate surface area is 177 Å². The van der Waals surface area contributed by atoms with Crippen molar-refractivity contribution in [2.24, 2.45) is 5.73 Å². The lowest BCUT2D eigenvalue weighted by molar-refractivity contribution is 0.308. The highest BCUT2D eigenvalue weighted by atomic mass is 35.5. The number of nitrogens with one attached hydrogen (secondary N) is 1. The zero-order valence-electron chi connectivity index (χ0n) is 16.0. The summed E-state index contributed by atoms with van der Waals surface area (Å²) in [6.45, 7) is 2.30. The Morgan fingerprint density at radius 2 is 1.48 bits per heavy atom. The van der Waals surface area contributed by atoms with E-state index in [2.05, 4.69) is 4.72 Å². The molecule has 0 bridgehead atoms. The first-order valence-corrected chi connectivity index (χ1v) is 12.5. The van der Waals surface area contributed by atoms with Crippen molar-refractivity contribution < 1.29 is 16.8 Å². The van der Waals surface area contributed by atoms with Crippen molar-refractivity contribution in [1.29, 1.82) is 0 Å². The van der Waals surface area contributed by atoms with E-state index in [1.165, 1.54) is 40.7 Å². The molecule has 10 heteroatoms. The molecule has 1 unspecified atom stereocenters. The van der Waals surface area contributed by atoms with Crippen LogP contribution in [0.3, 0.4) is 0 Å². The molecule has 2 aromatic rings. The number of nitrogens with zero attached hydrogens (tertiary/aromatic N) is 1. The topological polar surface area (TPSA) is 110 Å². The molecule has 0 saturated carbocycles. The lowest BCUT2D eigenvalue weighted by Gasteiger charge is -2.31. The third-order valence-corrected chi connectivity index (χ3v) is 8.64. The van der Waals surface area contributed by atoms with Gasteiger partial charge in [0.15, 0.2) is 0 Å². The molecule has 1 aliphatic rings. The maximum atomic E-state index is 12.7. The average Bonchev–Trinajstić information content (AvgIpc) is 2.68. The molecule has 3 rings (SSSR count). The Kier molecular flexibility index (Phi) is 6.67. The molecule has 1 atom stereocenters. The molecule has 29 heavy (non-hydrogen) atoms. The second kappa shape index (κ2) is 8.71. The fraction of sp³-hybridized carbons (Fsp3) is 0.368. The molecule has 1 heterocycles. The Bertz CT molecular complexity index is 1050. The van der Waals surface area contributed by atoms with Gasteiger partial charge in [-0.25, -0.2) is 21.6 Å². The van der Waals surface area contributed by atoms with Crippen LogP contribution in [0, 0.1) is 0 Å². The molecule has 0 aromatic heterocycles. The highest BCUT2D eigenvalue weighted by Gasteiger charge is 2.31. The smallest absolute Gasteiger partial charge is 0.243 e. The van der Waals surface area contributed by atoms with Gasteiger partial charge >= 0.3 is 0 Å². The monoisotopic (exact) mass is 457 g/mol. The second-order valence-corrected chi connectivity index (χ2v) is 11.2. The quantitative estimate of drug-likeness (QED) is 0.692. The van der Waals surface area contributed by atoms with Crippen molar-refractivity contribution >= 4 is 31.6 Å². The van der Waals surface area contributed by atoms with Crippen molar-refractivity contribution in [3.63, 3.8) is 0 Å². The highest BCUT2D eigenvalue weighted by molar-refractivity contribution is 7.89. The van der Waals surface area contributed by atoms with Gasteiger partial charge in [-0.1, -0.05) is 23.7 Å². The van der Waals surface area contributed by atoms with Crippen LogP contribution < -0.4 is 10.5 Å². The zero-order valence-corrected chi connectivity index (χ0v) is 18.3. The fourth-order valence-electron chi connectivity index (χ4n) is 3.21. The van der Waals surface area contributed by atoms with Crippen LogP contribution in [0.4, 0.5) is 0 Å².